The van der Waals surface area contributed by atoms with Crippen LogP contribution in [0, 0.1) is 18.3 Å². The topological polar surface area (TPSA) is 111 Å². The fourth-order valence-electron chi connectivity index (χ4n) is 2.17. The molecule has 0 aliphatic carbocycles. The summed E-state index contributed by atoms with van der Waals surface area (Å²) in [5, 5.41) is 21.2. The van der Waals surface area contributed by atoms with Crippen LogP contribution in [-0.2, 0) is 4.79 Å². The summed E-state index contributed by atoms with van der Waals surface area (Å²) in [5.41, 5.74) is 3.02. The van der Waals surface area contributed by atoms with Crippen LogP contribution in [0.25, 0.3) is 0 Å². The van der Waals surface area contributed by atoms with E-state index in [4.69, 9.17) is 5.26 Å². The third-order valence-corrected chi connectivity index (χ3v) is 4.84. The number of carbonyl (C=O) groups excluding carboxylic acids is 2. The molecule has 2 heterocycles. The first-order chi connectivity index (χ1) is 13.0. The smallest absolute Gasteiger partial charge is 0.332 e. The van der Waals surface area contributed by atoms with Crippen LogP contribution in [0.1, 0.15) is 36.8 Å². The van der Waals surface area contributed by atoms with Gasteiger partial charge in [0.2, 0.25) is 6.41 Å². The number of aromatic nitrogens is 2. The molecule has 0 saturated carbocycles. The predicted molar refractivity (Wildman–Crippen MR) is 103 cm³/mol. The zero-order chi connectivity index (χ0) is 19.8. The van der Waals surface area contributed by atoms with Gasteiger partial charge < -0.3 is 10.6 Å². The highest BCUT2D eigenvalue weighted by Crippen LogP contribution is 2.35. The lowest BCUT2D eigenvalue weighted by Gasteiger charge is -2.26. The lowest BCUT2D eigenvalue weighted by Crippen LogP contribution is -2.32. The molecule has 1 aliphatic heterocycles. The lowest BCUT2D eigenvalue weighted by atomic mass is 10.2. The van der Waals surface area contributed by atoms with Crippen molar-refractivity contribution in [2.45, 2.75) is 31.7 Å². The van der Waals surface area contributed by atoms with Crippen LogP contribution in [-0.4, -0.2) is 33.5 Å². The Balaban J connectivity index is 0.000000194. The summed E-state index contributed by atoms with van der Waals surface area (Å²) in [4.78, 5) is 22.7. The number of nitrogens with zero attached hydrogens (tertiary/aromatic N) is 4. The molecule has 2 N–H and O–H groups in total. The van der Waals surface area contributed by atoms with Gasteiger partial charge >= 0.3 is 6.03 Å². The molecule has 3 rings (SSSR count). The molecule has 3 amide bonds. The summed E-state index contributed by atoms with van der Waals surface area (Å²) in [6, 6.07) is 10.9. The van der Waals surface area contributed by atoms with Gasteiger partial charge in [-0.3, -0.25) is 9.10 Å². The van der Waals surface area contributed by atoms with Crippen molar-refractivity contribution in [3.8, 4) is 6.07 Å². The number of urea groups is 1. The first kappa shape index (κ1) is 20.2. The third kappa shape index (κ3) is 5.43. The van der Waals surface area contributed by atoms with Crippen LogP contribution >= 0.6 is 11.9 Å². The highest BCUT2D eigenvalue weighted by Gasteiger charge is 2.21. The number of benzene rings is 1. The van der Waals surface area contributed by atoms with E-state index in [1.807, 2.05) is 32.0 Å². The molecule has 1 aromatic carbocycles. The number of aryl methyl sites for hydroxylation is 1. The van der Waals surface area contributed by atoms with E-state index >= 15 is 0 Å². The SMILES string of the molecule is CC(NC=O)c1ccc(C#N)nn1.CCN1Sc2cc(C)ccc2NC1=O. The molecule has 0 radical (unpaired) electrons. The van der Waals surface area contributed by atoms with Crippen molar-refractivity contribution in [2.75, 3.05) is 11.9 Å². The maximum atomic E-state index is 11.5. The summed E-state index contributed by atoms with van der Waals surface area (Å²) in [6.45, 7) is 6.51. The number of nitrogens with one attached hydrogen (secondary N) is 2. The van der Waals surface area contributed by atoms with E-state index in [-0.39, 0.29) is 17.8 Å². The monoisotopic (exact) mass is 384 g/mol. The van der Waals surface area contributed by atoms with Crippen molar-refractivity contribution in [3.05, 3.63) is 47.3 Å². The summed E-state index contributed by atoms with van der Waals surface area (Å²) < 4.78 is 1.71. The minimum atomic E-state index is -0.183. The summed E-state index contributed by atoms with van der Waals surface area (Å²) in [6.07, 6.45) is 0.602. The van der Waals surface area contributed by atoms with Crippen molar-refractivity contribution in [2.24, 2.45) is 0 Å². The zero-order valence-corrected chi connectivity index (χ0v) is 16.1. The van der Waals surface area contributed by atoms with E-state index in [0.717, 1.165) is 10.6 Å². The van der Waals surface area contributed by atoms with Crippen LogP contribution < -0.4 is 10.6 Å². The van der Waals surface area contributed by atoms with Crippen molar-refractivity contribution in [3.63, 3.8) is 0 Å². The van der Waals surface area contributed by atoms with Crippen LogP contribution in [0.4, 0.5) is 10.5 Å². The Bertz CT molecular complexity index is 850. The van der Waals surface area contributed by atoms with Crippen LogP contribution in [0.2, 0.25) is 0 Å². The quantitative estimate of drug-likeness (QED) is 0.619. The van der Waals surface area contributed by atoms with E-state index in [1.165, 1.54) is 17.5 Å². The summed E-state index contributed by atoms with van der Waals surface area (Å²) >= 11 is 1.50. The van der Waals surface area contributed by atoms with Gasteiger partial charge in [0.1, 0.15) is 6.07 Å². The molecular formula is C18H20N6O2S. The minimum Gasteiger partial charge on any atom is -0.351 e. The molecule has 8 nitrogen and oxygen atoms in total. The Morgan fingerprint density at radius 3 is 2.74 bits per heavy atom. The fourth-order valence-corrected chi connectivity index (χ4v) is 3.13. The van der Waals surface area contributed by atoms with Crippen molar-refractivity contribution in [1.82, 2.24) is 19.8 Å². The van der Waals surface area contributed by atoms with Crippen LogP contribution in [0.5, 0.6) is 0 Å². The second-order valence-electron chi connectivity index (χ2n) is 5.68. The second-order valence-corrected chi connectivity index (χ2v) is 6.74. The van der Waals surface area contributed by atoms with Gasteiger partial charge in [-0.15, -0.1) is 5.10 Å². The fraction of sp³-hybridized carbons (Fsp3) is 0.278. The number of rotatable bonds is 4. The first-order valence-electron chi connectivity index (χ1n) is 8.29. The number of hydrogen-bond donors (Lipinski definition) is 2. The van der Waals surface area contributed by atoms with Gasteiger partial charge in [0.05, 0.1) is 22.3 Å². The number of hydrogen-bond acceptors (Lipinski definition) is 6. The number of anilines is 1. The molecule has 0 fully saturated rings. The normalized spacial score (nSPS) is 13.3. The van der Waals surface area contributed by atoms with Gasteiger partial charge in [-0.2, -0.15) is 10.4 Å². The van der Waals surface area contributed by atoms with Crippen LogP contribution in [0.15, 0.2) is 35.2 Å². The van der Waals surface area contributed by atoms with E-state index in [2.05, 4.69) is 26.9 Å². The molecule has 1 aromatic heterocycles. The minimum absolute atomic E-state index is 0.0335. The molecule has 9 heteroatoms. The number of fused-ring (bicyclic) bond motifs is 1. The standard InChI is InChI=1S/C10H12N2OS.C8H8N4O/c1-3-12-10(13)11-8-5-4-7(2)6-9(8)14-12;1-6(10-5-13)8-3-2-7(4-9)11-12-8/h4-6H,3H2,1-2H3,(H,11,13);2-3,5-6H,1H3,(H,10,13). The largest absolute Gasteiger partial charge is 0.351 e. The third-order valence-electron chi connectivity index (χ3n) is 3.66. The molecule has 140 valence electrons. The highest BCUT2D eigenvalue weighted by atomic mass is 32.2. The Kier molecular flexibility index (Phi) is 7.14. The molecule has 1 unspecified atom stereocenters. The Hall–Kier alpha value is -3.12. The first-order valence-corrected chi connectivity index (χ1v) is 9.06. The maximum Gasteiger partial charge on any atom is 0.332 e. The average Bonchev–Trinajstić information content (AvgIpc) is 2.68. The molecular weight excluding hydrogens is 364 g/mol. The molecule has 2 aromatic rings. The Morgan fingerprint density at radius 1 is 1.37 bits per heavy atom. The second kappa shape index (κ2) is 9.54. The number of nitriles is 1. The molecule has 0 saturated heterocycles. The molecule has 1 aliphatic rings. The van der Waals surface area contributed by atoms with E-state index in [9.17, 15) is 9.59 Å². The lowest BCUT2D eigenvalue weighted by molar-refractivity contribution is -0.110. The Morgan fingerprint density at radius 2 is 2.15 bits per heavy atom. The van der Waals surface area contributed by atoms with Crippen LogP contribution in [0.3, 0.4) is 0 Å². The van der Waals surface area contributed by atoms with Gasteiger partial charge in [-0.05, 0) is 62.5 Å². The van der Waals surface area contributed by atoms with E-state index in [0.29, 0.717) is 18.6 Å². The van der Waals surface area contributed by atoms with Gasteiger partial charge in [-0.25, -0.2) is 4.79 Å². The average molecular weight is 384 g/mol. The summed E-state index contributed by atoms with van der Waals surface area (Å²) in [5.74, 6) is 0. The Labute approximate surface area is 162 Å². The molecule has 0 bridgehead atoms. The van der Waals surface area contributed by atoms with E-state index < -0.39 is 0 Å². The maximum absolute atomic E-state index is 11.5. The number of amides is 3. The summed E-state index contributed by atoms with van der Waals surface area (Å²) in [7, 11) is 0. The predicted octanol–water partition coefficient (Wildman–Crippen LogP) is 3.02. The van der Waals surface area contributed by atoms with Gasteiger partial charge in [0.15, 0.2) is 5.69 Å². The van der Waals surface area contributed by atoms with E-state index in [1.54, 1.807) is 23.4 Å². The van der Waals surface area contributed by atoms with Gasteiger partial charge in [0, 0.05) is 6.54 Å². The van der Waals surface area contributed by atoms with Crippen molar-refractivity contribution < 1.29 is 9.59 Å². The van der Waals surface area contributed by atoms with Crippen molar-refractivity contribution in [1.29, 1.82) is 5.26 Å². The van der Waals surface area contributed by atoms with Gasteiger partial charge in [0.25, 0.3) is 0 Å². The van der Waals surface area contributed by atoms with Gasteiger partial charge in [-0.1, -0.05) is 6.07 Å². The molecule has 1 atom stereocenters. The highest BCUT2D eigenvalue weighted by molar-refractivity contribution is 7.97. The molecule has 27 heavy (non-hydrogen) atoms. The number of carbonyl (C=O) groups is 2. The zero-order valence-electron chi connectivity index (χ0n) is 15.3. The van der Waals surface area contributed by atoms with Crippen molar-refractivity contribution >= 4 is 30.1 Å². The molecule has 0 spiro atoms.